The maximum Gasteiger partial charge on any atom is 0.337 e. The largest absolute Gasteiger partial charge is 0.465 e. The normalized spacial score (nSPS) is 14.2. The molecule has 0 aliphatic carbocycles. The van der Waals surface area contributed by atoms with Crippen LogP contribution in [-0.4, -0.2) is 54.6 Å². The molecule has 0 unspecified atom stereocenters. The zero-order chi connectivity index (χ0) is 18.7. The number of amides is 1. The molecule has 1 aliphatic rings. The second-order valence-electron chi connectivity index (χ2n) is 6.18. The van der Waals surface area contributed by atoms with Crippen LogP contribution in [-0.2, 0) is 11.8 Å². The fourth-order valence-corrected chi connectivity index (χ4v) is 2.96. The highest BCUT2D eigenvalue weighted by Crippen LogP contribution is 2.18. The molecular formula is C19H21N3O4. The van der Waals surface area contributed by atoms with E-state index in [1.165, 1.54) is 17.7 Å². The van der Waals surface area contributed by atoms with Crippen molar-refractivity contribution in [2.24, 2.45) is 7.05 Å². The Hall–Kier alpha value is -3.09. The second-order valence-corrected chi connectivity index (χ2v) is 6.18. The SMILES string of the molecule is COC(=O)c1ccc(N2CCN(C(=O)c3ccn(C)c(=O)c3)CC2)cc1. The highest BCUT2D eigenvalue weighted by Gasteiger charge is 2.22. The average molecular weight is 355 g/mol. The zero-order valence-corrected chi connectivity index (χ0v) is 14.8. The molecule has 0 N–H and O–H groups in total. The molecule has 7 nitrogen and oxygen atoms in total. The van der Waals surface area contributed by atoms with Crippen molar-refractivity contribution in [1.29, 1.82) is 0 Å². The number of methoxy groups -OCH3 is 1. The molecule has 0 bridgehead atoms. The van der Waals surface area contributed by atoms with Crippen molar-refractivity contribution >= 4 is 17.6 Å². The number of esters is 1. The standard InChI is InChI=1S/C19H21N3O4/c1-20-8-7-15(13-17(20)23)18(24)22-11-9-21(10-12-22)16-5-3-14(4-6-16)19(25)26-2/h3-8,13H,9-12H2,1-2H3. The molecule has 3 rings (SSSR count). The maximum atomic E-state index is 12.6. The summed E-state index contributed by atoms with van der Waals surface area (Å²) >= 11 is 0. The number of aryl methyl sites for hydroxylation is 1. The zero-order valence-electron chi connectivity index (χ0n) is 14.8. The molecule has 0 saturated carbocycles. The summed E-state index contributed by atoms with van der Waals surface area (Å²) in [6, 6.07) is 10.3. The molecular weight excluding hydrogens is 334 g/mol. The highest BCUT2D eigenvalue weighted by molar-refractivity contribution is 5.94. The van der Waals surface area contributed by atoms with Gasteiger partial charge in [0.1, 0.15) is 0 Å². The number of ether oxygens (including phenoxy) is 1. The Balaban J connectivity index is 1.63. The third-order valence-electron chi connectivity index (χ3n) is 4.57. The van der Waals surface area contributed by atoms with Crippen molar-refractivity contribution in [2.45, 2.75) is 0 Å². The number of hydrogen-bond donors (Lipinski definition) is 0. The summed E-state index contributed by atoms with van der Waals surface area (Å²) < 4.78 is 6.14. The van der Waals surface area contributed by atoms with Gasteiger partial charge in [-0.25, -0.2) is 4.79 Å². The van der Waals surface area contributed by atoms with E-state index in [1.54, 1.807) is 36.3 Å². The van der Waals surface area contributed by atoms with Crippen LogP contribution in [0.1, 0.15) is 20.7 Å². The molecule has 1 fully saturated rings. The average Bonchev–Trinajstić information content (AvgIpc) is 2.69. The third kappa shape index (κ3) is 3.61. The Morgan fingerprint density at radius 2 is 1.62 bits per heavy atom. The predicted octanol–water partition coefficient (Wildman–Crippen LogP) is 1.13. The summed E-state index contributed by atoms with van der Waals surface area (Å²) in [5, 5.41) is 0. The first-order valence-corrected chi connectivity index (χ1v) is 8.39. The van der Waals surface area contributed by atoms with E-state index in [0.29, 0.717) is 37.3 Å². The van der Waals surface area contributed by atoms with Crippen molar-refractivity contribution in [3.8, 4) is 0 Å². The van der Waals surface area contributed by atoms with Gasteiger partial charge in [-0.1, -0.05) is 0 Å². The summed E-state index contributed by atoms with van der Waals surface area (Å²) in [5.74, 6) is -0.482. The van der Waals surface area contributed by atoms with Gasteiger partial charge in [0.2, 0.25) is 0 Å². The Bertz CT molecular complexity index is 865. The first-order valence-electron chi connectivity index (χ1n) is 8.39. The molecule has 0 spiro atoms. The van der Waals surface area contributed by atoms with E-state index >= 15 is 0 Å². The van der Waals surface area contributed by atoms with Gasteiger partial charge in [-0.2, -0.15) is 0 Å². The number of nitrogens with zero attached hydrogens (tertiary/aromatic N) is 3. The topological polar surface area (TPSA) is 71.8 Å². The number of carbonyl (C=O) groups is 2. The monoisotopic (exact) mass is 355 g/mol. The molecule has 136 valence electrons. The van der Waals surface area contributed by atoms with E-state index in [4.69, 9.17) is 4.74 Å². The predicted molar refractivity (Wildman–Crippen MR) is 97.6 cm³/mol. The number of rotatable bonds is 3. The molecule has 1 aliphatic heterocycles. The van der Waals surface area contributed by atoms with Gasteiger partial charge in [0, 0.05) is 56.7 Å². The van der Waals surface area contributed by atoms with E-state index in [0.717, 1.165) is 5.69 Å². The Kier molecular flexibility index (Phi) is 5.06. The number of hydrogen-bond acceptors (Lipinski definition) is 5. The van der Waals surface area contributed by atoms with Gasteiger partial charge in [-0.3, -0.25) is 9.59 Å². The molecule has 2 heterocycles. The molecule has 7 heteroatoms. The number of benzene rings is 1. The van der Waals surface area contributed by atoms with Crippen LogP contribution in [0.4, 0.5) is 5.69 Å². The Labute approximate surface area is 151 Å². The quantitative estimate of drug-likeness (QED) is 0.772. The number of piperazine rings is 1. The summed E-state index contributed by atoms with van der Waals surface area (Å²) in [5.41, 5.74) is 1.73. The molecule has 1 saturated heterocycles. The Morgan fingerprint density at radius 1 is 0.962 bits per heavy atom. The Morgan fingerprint density at radius 3 is 2.19 bits per heavy atom. The van der Waals surface area contributed by atoms with Crippen molar-refractivity contribution in [3.63, 3.8) is 0 Å². The van der Waals surface area contributed by atoms with E-state index < -0.39 is 0 Å². The van der Waals surface area contributed by atoms with Crippen LogP contribution < -0.4 is 10.5 Å². The minimum absolute atomic E-state index is 0.122. The van der Waals surface area contributed by atoms with Crippen LogP contribution in [0.25, 0.3) is 0 Å². The molecule has 1 aromatic carbocycles. The fraction of sp³-hybridized carbons (Fsp3) is 0.316. The lowest BCUT2D eigenvalue weighted by Crippen LogP contribution is -2.49. The maximum absolute atomic E-state index is 12.6. The fourth-order valence-electron chi connectivity index (χ4n) is 2.96. The summed E-state index contributed by atoms with van der Waals surface area (Å²) in [6.45, 7) is 2.53. The van der Waals surface area contributed by atoms with Crippen LogP contribution in [0.5, 0.6) is 0 Å². The number of pyridine rings is 1. The number of aromatic nitrogens is 1. The third-order valence-corrected chi connectivity index (χ3v) is 4.57. The van der Waals surface area contributed by atoms with E-state index in [-0.39, 0.29) is 17.4 Å². The smallest absolute Gasteiger partial charge is 0.337 e. The lowest BCUT2D eigenvalue weighted by atomic mass is 10.1. The van der Waals surface area contributed by atoms with Gasteiger partial charge in [0.05, 0.1) is 12.7 Å². The van der Waals surface area contributed by atoms with Gasteiger partial charge in [0.25, 0.3) is 11.5 Å². The van der Waals surface area contributed by atoms with E-state index in [9.17, 15) is 14.4 Å². The van der Waals surface area contributed by atoms with Gasteiger partial charge in [-0.05, 0) is 30.3 Å². The van der Waals surface area contributed by atoms with Crippen molar-refractivity contribution in [2.75, 3.05) is 38.2 Å². The number of anilines is 1. The first-order chi connectivity index (χ1) is 12.5. The summed E-state index contributed by atoms with van der Waals surface area (Å²) in [4.78, 5) is 39.7. The molecule has 26 heavy (non-hydrogen) atoms. The van der Waals surface area contributed by atoms with Crippen molar-refractivity contribution in [3.05, 3.63) is 64.1 Å². The minimum Gasteiger partial charge on any atom is -0.465 e. The van der Waals surface area contributed by atoms with Crippen molar-refractivity contribution < 1.29 is 14.3 Å². The van der Waals surface area contributed by atoms with Crippen LogP contribution in [0, 0.1) is 0 Å². The lowest BCUT2D eigenvalue weighted by molar-refractivity contribution is 0.0600. The number of carbonyl (C=O) groups excluding carboxylic acids is 2. The molecule has 0 radical (unpaired) electrons. The molecule has 1 aromatic heterocycles. The van der Waals surface area contributed by atoms with E-state index in [2.05, 4.69) is 4.90 Å². The molecule has 0 atom stereocenters. The highest BCUT2D eigenvalue weighted by atomic mass is 16.5. The lowest BCUT2D eigenvalue weighted by Gasteiger charge is -2.36. The summed E-state index contributed by atoms with van der Waals surface area (Å²) in [6.07, 6.45) is 1.61. The van der Waals surface area contributed by atoms with Crippen LogP contribution in [0.2, 0.25) is 0 Å². The van der Waals surface area contributed by atoms with E-state index in [1.807, 2.05) is 12.1 Å². The van der Waals surface area contributed by atoms with Gasteiger partial charge < -0.3 is 19.1 Å². The van der Waals surface area contributed by atoms with Crippen LogP contribution >= 0.6 is 0 Å². The molecule has 1 amide bonds. The molecule has 2 aromatic rings. The summed E-state index contributed by atoms with van der Waals surface area (Å²) in [7, 11) is 3.01. The first kappa shape index (κ1) is 17.7. The van der Waals surface area contributed by atoms with Gasteiger partial charge >= 0.3 is 5.97 Å². The van der Waals surface area contributed by atoms with Crippen LogP contribution in [0.15, 0.2) is 47.4 Å². The van der Waals surface area contributed by atoms with Gasteiger partial charge in [-0.15, -0.1) is 0 Å². The van der Waals surface area contributed by atoms with Gasteiger partial charge in [0.15, 0.2) is 0 Å². The minimum atomic E-state index is -0.360. The van der Waals surface area contributed by atoms with Crippen molar-refractivity contribution in [1.82, 2.24) is 9.47 Å². The van der Waals surface area contributed by atoms with Crippen LogP contribution in [0.3, 0.4) is 0 Å². The second kappa shape index (κ2) is 7.43.